The number of anilines is 1. The molecule has 1 aromatic carbocycles. The molecule has 0 spiro atoms. The van der Waals surface area contributed by atoms with Crippen LogP contribution in [-0.2, 0) is 0 Å². The number of aromatic nitrogens is 2. The van der Waals surface area contributed by atoms with E-state index in [4.69, 9.17) is 23.2 Å². The minimum absolute atomic E-state index is 0.512. The molecule has 6 heteroatoms. The molecule has 0 aliphatic heterocycles. The molecule has 2 heterocycles. The normalized spacial score (nSPS) is 10.9. The minimum atomic E-state index is 0.512. The number of nitrogens with one attached hydrogen (secondary N) is 2. The molecule has 0 bridgehead atoms. The summed E-state index contributed by atoms with van der Waals surface area (Å²) in [5.41, 5.74) is 1.09. The molecule has 0 saturated carbocycles. The highest BCUT2D eigenvalue weighted by atomic mass is 35.5. The molecule has 0 amide bonds. The molecule has 2 aromatic heterocycles. The zero-order valence-corrected chi connectivity index (χ0v) is 12.9. The average molecular weight is 324 g/mol. The van der Waals surface area contributed by atoms with E-state index in [0.29, 0.717) is 20.9 Å². The molecular formula is C14H11Cl2N3S. The second kappa shape index (κ2) is 5.56. The van der Waals surface area contributed by atoms with E-state index in [1.165, 1.54) is 11.8 Å². The summed E-state index contributed by atoms with van der Waals surface area (Å²) in [5.74, 6) is 0.620. The quantitative estimate of drug-likeness (QED) is 0.707. The summed E-state index contributed by atoms with van der Waals surface area (Å²) in [5, 5.41) is 6.87. The van der Waals surface area contributed by atoms with Gasteiger partial charge in [-0.25, -0.2) is 4.98 Å². The first kappa shape index (κ1) is 13.6. The van der Waals surface area contributed by atoms with Crippen LogP contribution in [0.2, 0.25) is 10.0 Å². The van der Waals surface area contributed by atoms with Crippen molar-refractivity contribution >= 4 is 51.7 Å². The van der Waals surface area contributed by atoms with Crippen LogP contribution in [0.5, 0.6) is 0 Å². The SMILES string of the molecule is CNc1nc(Sc2cc3ccccc3[nH]2)c(Cl)cc1Cl. The third kappa shape index (κ3) is 2.59. The number of hydrogen-bond donors (Lipinski definition) is 2. The van der Waals surface area contributed by atoms with Gasteiger partial charge in [0.2, 0.25) is 0 Å². The Morgan fingerprint density at radius 3 is 2.70 bits per heavy atom. The molecule has 0 saturated heterocycles. The van der Waals surface area contributed by atoms with Crippen LogP contribution in [0.4, 0.5) is 5.82 Å². The van der Waals surface area contributed by atoms with Gasteiger partial charge in [-0.1, -0.05) is 53.2 Å². The minimum Gasteiger partial charge on any atom is -0.372 e. The molecule has 3 rings (SSSR count). The van der Waals surface area contributed by atoms with Gasteiger partial charge in [0.15, 0.2) is 0 Å². The van der Waals surface area contributed by atoms with Crippen LogP contribution in [0.25, 0.3) is 10.9 Å². The van der Waals surface area contributed by atoms with E-state index in [-0.39, 0.29) is 0 Å². The Kier molecular flexibility index (Phi) is 3.78. The van der Waals surface area contributed by atoms with Gasteiger partial charge in [-0.3, -0.25) is 0 Å². The van der Waals surface area contributed by atoms with E-state index in [0.717, 1.165) is 15.9 Å². The van der Waals surface area contributed by atoms with Gasteiger partial charge in [-0.05, 0) is 18.2 Å². The van der Waals surface area contributed by atoms with Gasteiger partial charge < -0.3 is 10.3 Å². The Labute approximate surface area is 130 Å². The average Bonchev–Trinajstić information content (AvgIpc) is 2.84. The Bertz CT molecular complexity index is 737. The molecule has 0 fully saturated rings. The molecule has 0 radical (unpaired) electrons. The zero-order valence-electron chi connectivity index (χ0n) is 10.6. The Morgan fingerprint density at radius 1 is 1.15 bits per heavy atom. The van der Waals surface area contributed by atoms with Crippen molar-refractivity contribution in [3.8, 4) is 0 Å². The van der Waals surface area contributed by atoms with Gasteiger partial charge in [-0.15, -0.1) is 0 Å². The van der Waals surface area contributed by atoms with Crippen molar-refractivity contribution in [3.63, 3.8) is 0 Å². The molecule has 3 aromatic rings. The highest BCUT2D eigenvalue weighted by Gasteiger charge is 2.11. The number of rotatable bonds is 3. The predicted molar refractivity (Wildman–Crippen MR) is 86.2 cm³/mol. The second-order valence-electron chi connectivity index (χ2n) is 4.18. The van der Waals surface area contributed by atoms with Gasteiger partial charge in [0.05, 0.1) is 15.1 Å². The first-order valence-corrected chi connectivity index (χ1v) is 7.54. The summed E-state index contributed by atoms with van der Waals surface area (Å²) in [6, 6.07) is 11.9. The van der Waals surface area contributed by atoms with E-state index >= 15 is 0 Å². The maximum atomic E-state index is 6.20. The number of halogens is 2. The Hall–Kier alpha value is -1.36. The van der Waals surface area contributed by atoms with Crippen LogP contribution in [0.1, 0.15) is 0 Å². The molecule has 102 valence electrons. The van der Waals surface area contributed by atoms with Crippen molar-refractivity contribution in [2.75, 3.05) is 12.4 Å². The van der Waals surface area contributed by atoms with Crippen molar-refractivity contribution in [1.82, 2.24) is 9.97 Å². The highest BCUT2D eigenvalue weighted by Crippen LogP contribution is 2.36. The summed E-state index contributed by atoms with van der Waals surface area (Å²) >= 11 is 13.7. The molecule has 20 heavy (non-hydrogen) atoms. The number of para-hydroxylation sites is 1. The first-order valence-electron chi connectivity index (χ1n) is 5.97. The third-order valence-electron chi connectivity index (χ3n) is 2.85. The first-order chi connectivity index (χ1) is 9.67. The number of pyridine rings is 1. The van der Waals surface area contributed by atoms with E-state index < -0.39 is 0 Å². The van der Waals surface area contributed by atoms with Gasteiger partial charge >= 0.3 is 0 Å². The van der Waals surface area contributed by atoms with Gasteiger partial charge in [0.25, 0.3) is 0 Å². The fraction of sp³-hybridized carbons (Fsp3) is 0.0714. The largest absolute Gasteiger partial charge is 0.372 e. The third-order valence-corrected chi connectivity index (χ3v) is 4.48. The molecule has 0 unspecified atom stereocenters. The molecule has 2 N–H and O–H groups in total. The number of nitrogens with zero attached hydrogens (tertiary/aromatic N) is 1. The number of fused-ring (bicyclic) bond motifs is 1. The van der Waals surface area contributed by atoms with Crippen LogP contribution < -0.4 is 5.32 Å². The zero-order chi connectivity index (χ0) is 14.1. The van der Waals surface area contributed by atoms with Crippen molar-refractivity contribution in [2.45, 2.75) is 10.1 Å². The van der Waals surface area contributed by atoms with Crippen LogP contribution in [0, 0.1) is 0 Å². The van der Waals surface area contributed by atoms with Crippen LogP contribution in [0.15, 0.2) is 46.5 Å². The summed E-state index contributed by atoms with van der Waals surface area (Å²) in [6.45, 7) is 0. The molecule has 0 aliphatic carbocycles. The molecule has 0 aliphatic rings. The van der Waals surface area contributed by atoms with E-state index in [1.807, 2.05) is 18.2 Å². The topological polar surface area (TPSA) is 40.7 Å². The fourth-order valence-corrected chi connectivity index (χ4v) is 3.32. The van der Waals surface area contributed by atoms with Crippen LogP contribution >= 0.6 is 35.0 Å². The standard InChI is InChI=1S/C14H11Cl2N3S/c1-17-13-9(15)7-10(16)14(19-13)20-12-6-8-4-2-3-5-11(8)18-12/h2-7,18H,1H3,(H,17,19). The van der Waals surface area contributed by atoms with Crippen molar-refractivity contribution in [3.05, 3.63) is 46.4 Å². The van der Waals surface area contributed by atoms with Crippen LogP contribution in [0.3, 0.4) is 0 Å². The van der Waals surface area contributed by atoms with Crippen molar-refractivity contribution < 1.29 is 0 Å². The lowest BCUT2D eigenvalue weighted by Gasteiger charge is -2.07. The van der Waals surface area contributed by atoms with Gasteiger partial charge in [0.1, 0.15) is 10.8 Å². The number of hydrogen-bond acceptors (Lipinski definition) is 3. The fourth-order valence-electron chi connectivity index (χ4n) is 1.90. The van der Waals surface area contributed by atoms with Crippen molar-refractivity contribution in [1.29, 1.82) is 0 Å². The predicted octanol–water partition coefficient (Wildman–Crippen LogP) is 5.06. The lowest BCUT2D eigenvalue weighted by molar-refractivity contribution is 1.11. The van der Waals surface area contributed by atoms with E-state index in [2.05, 4.69) is 27.4 Å². The number of benzene rings is 1. The smallest absolute Gasteiger partial charge is 0.146 e. The summed E-state index contributed by atoms with van der Waals surface area (Å²) in [6.07, 6.45) is 0. The maximum Gasteiger partial charge on any atom is 0.146 e. The second-order valence-corrected chi connectivity index (χ2v) is 6.02. The number of aromatic amines is 1. The highest BCUT2D eigenvalue weighted by molar-refractivity contribution is 7.99. The van der Waals surface area contributed by atoms with Crippen molar-refractivity contribution in [2.24, 2.45) is 0 Å². The number of H-pyrrole nitrogens is 1. The molecule has 0 atom stereocenters. The van der Waals surface area contributed by atoms with Gasteiger partial charge in [0, 0.05) is 18.0 Å². The summed E-state index contributed by atoms with van der Waals surface area (Å²) in [7, 11) is 1.78. The van der Waals surface area contributed by atoms with E-state index in [9.17, 15) is 0 Å². The lowest BCUT2D eigenvalue weighted by atomic mass is 10.3. The molecular weight excluding hydrogens is 313 g/mol. The lowest BCUT2D eigenvalue weighted by Crippen LogP contribution is -1.95. The monoisotopic (exact) mass is 323 g/mol. The van der Waals surface area contributed by atoms with E-state index in [1.54, 1.807) is 13.1 Å². The summed E-state index contributed by atoms with van der Waals surface area (Å²) < 4.78 is 0. The maximum absolute atomic E-state index is 6.20. The summed E-state index contributed by atoms with van der Waals surface area (Å²) in [4.78, 5) is 7.76. The Balaban J connectivity index is 1.98. The van der Waals surface area contributed by atoms with Crippen LogP contribution in [-0.4, -0.2) is 17.0 Å². The Morgan fingerprint density at radius 2 is 1.95 bits per heavy atom. The molecule has 3 nitrogen and oxygen atoms in total. The van der Waals surface area contributed by atoms with Gasteiger partial charge in [-0.2, -0.15) is 0 Å².